The van der Waals surface area contributed by atoms with Gasteiger partial charge in [-0.2, -0.15) is 0 Å². The summed E-state index contributed by atoms with van der Waals surface area (Å²) >= 11 is 0. The molecule has 0 bridgehead atoms. The molecule has 1 N–H and O–H groups in total. The summed E-state index contributed by atoms with van der Waals surface area (Å²) in [5.74, 6) is 0. The van der Waals surface area contributed by atoms with Gasteiger partial charge in [-0.3, -0.25) is 0 Å². The molecule has 0 fully saturated rings. The van der Waals surface area contributed by atoms with Gasteiger partial charge in [0.15, 0.2) is 0 Å². The van der Waals surface area contributed by atoms with Gasteiger partial charge in [0.2, 0.25) is 0 Å². The first-order chi connectivity index (χ1) is 10.4. The first-order valence-corrected chi connectivity index (χ1v) is 7.36. The molecule has 3 aromatic rings. The fourth-order valence-corrected chi connectivity index (χ4v) is 2.66. The summed E-state index contributed by atoms with van der Waals surface area (Å²) in [5, 5.41) is 6.15. The van der Waals surface area contributed by atoms with Crippen molar-refractivity contribution < 1.29 is 0 Å². The molecular formula is C18H19N3. The summed E-state index contributed by atoms with van der Waals surface area (Å²) in [7, 11) is 0. The van der Waals surface area contributed by atoms with Crippen molar-refractivity contribution in [1.82, 2.24) is 15.3 Å². The van der Waals surface area contributed by atoms with Crippen molar-refractivity contribution in [3.63, 3.8) is 0 Å². The Kier molecular flexibility index (Phi) is 4.22. The van der Waals surface area contributed by atoms with Gasteiger partial charge < -0.3 is 5.32 Å². The van der Waals surface area contributed by atoms with E-state index in [-0.39, 0.29) is 6.04 Å². The third-order valence-electron chi connectivity index (χ3n) is 3.65. The standard InChI is InChI=1S/C18H19N3/c1-2-10-21-18(15-11-19-13-20-12-15)17-9-5-7-14-6-3-4-8-16(14)17/h3-9,11-13,18,21H,2,10H2,1H3. The third-order valence-corrected chi connectivity index (χ3v) is 3.65. The van der Waals surface area contributed by atoms with E-state index < -0.39 is 0 Å². The molecule has 0 radical (unpaired) electrons. The van der Waals surface area contributed by atoms with Gasteiger partial charge in [0.25, 0.3) is 0 Å². The van der Waals surface area contributed by atoms with E-state index in [9.17, 15) is 0 Å². The number of nitrogens with one attached hydrogen (secondary N) is 1. The molecule has 106 valence electrons. The van der Waals surface area contributed by atoms with E-state index in [2.05, 4.69) is 64.7 Å². The van der Waals surface area contributed by atoms with Gasteiger partial charge in [-0.1, -0.05) is 49.4 Å². The minimum absolute atomic E-state index is 0.122. The smallest absolute Gasteiger partial charge is 0.115 e. The second kappa shape index (κ2) is 6.46. The van der Waals surface area contributed by atoms with Crippen LogP contribution in [0.3, 0.4) is 0 Å². The zero-order valence-electron chi connectivity index (χ0n) is 12.2. The largest absolute Gasteiger partial charge is 0.306 e. The van der Waals surface area contributed by atoms with Crippen LogP contribution in [0.15, 0.2) is 61.2 Å². The Morgan fingerprint density at radius 1 is 1.00 bits per heavy atom. The molecule has 3 rings (SSSR count). The Balaban J connectivity index is 2.10. The highest BCUT2D eigenvalue weighted by Gasteiger charge is 2.16. The maximum atomic E-state index is 4.17. The van der Waals surface area contributed by atoms with Crippen molar-refractivity contribution >= 4 is 10.8 Å². The molecule has 0 aliphatic rings. The maximum absolute atomic E-state index is 4.17. The molecule has 0 amide bonds. The van der Waals surface area contributed by atoms with Crippen molar-refractivity contribution in [2.75, 3.05) is 6.54 Å². The summed E-state index contributed by atoms with van der Waals surface area (Å²) in [6, 6.07) is 15.1. The number of benzene rings is 2. The molecule has 3 heteroatoms. The van der Waals surface area contributed by atoms with Gasteiger partial charge in [-0.15, -0.1) is 0 Å². The predicted molar refractivity (Wildman–Crippen MR) is 86.1 cm³/mol. The lowest BCUT2D eigenvalue weighted by Crippen LogP contribution is -2.23. The zero-order valence-corrected chi connectivity index (χ0v) is 12.2. The lowest BCUT2D eigenvalue weighted by Gasteiger charge is -2.20. The SMILES string of the molecule is CCCNC(c1cncnc1)c1cccc2ccccc12. The van der Waals surface area contributed by atoms with E-state index in [1.54, 1.807) is 6.33 Å². The topological polar surface area (TPSA) is 37.8 Å². The normalized spacial score (nSPS) is 12.4. The fourth-order valence-electron chi connectivity index (χ4n) is 2.66. The Morgan fingerprint density at radius 2 is 1.76 bits per heavy atom. The number of aromatic nitrogens is 2. The molecule has 0 saturated carbocycles. The van der Waals surface area contributed by atoms with Crippen LogP contribution in [0.5, 0.6) is 0 Å². The van der Waals surface area contributed by atoms with E-state index in [1.807, 2.05) is 12.4 Å². The Hall–Kier alpha value is -2.26. The Bertz CT molecular complexity index is 704. The van der Waals surface area contributed by atoms with Crippen molar-refractivity contribution in [3.8, 4) is 0 Å². The second-order valence-electron chi connectivity index (χ2n) is 5.13. The molecule has 3 nitrogen and oxygen atoms in total. The predicted octanol–water partition coefficient (Wildman–Crippen LogP) is 3.72. The zero-order chi connectivity index (χ0) is 14.5. The molecule has 1 heterocycles. The van der Waals surface area contributed by atoms with Gasteiger partial charge >= 0.3 is 0 Å². The van der Waals surface area contributed by atoms with Crippen LogP contribution in [-0.4, -0.2) is 16.5 Å². The van der Waals surface area contributed by atoms with E-state index >= 15 is 0 Å². The minimum atomic E-state index is 0.122. The minimum Gasteiger partial charge on any atom is -0.306 e. The molecular weight excluding hydrogens is 258 g/mol. The average Bonchev–Trinajstić information content (AvgIpc) is 2.56. The molecule has 0 saturated heterocycles. The Morgan fingerprint density at radius 3 is 2.57 bits per heavy atom. The number of hydrogen-bond acceptors (Lipinski definition) is 3. The highest BCUT2D eigenvalue weighted by Crippen LogP contribution is 2.28. The van der Waals surface area contributed by atoms with Crippen LogP contribution >= 0.6 is 0 Å². The van der Waals surface area contributed by atoms with Crippen molar-refractivity contribution in [3.05, 3.63) is 72.3 Å². The quantitative estimate of drug-likeness (QED) is 0.772. The highest BCUT2D eigenvalue weighted by molar-refractivity contribution is 5.86. The van der Waals surface area contributed by atoms with Crippen LogP contribution in [0.2, 0.25) is 0 Å². The summed E-state index contributed by atoms with van der Waals surface area (Å²) in [5.41, 5.74) is 2.37. The van der Waals surface area contributed by atoms with E-state index in [0.717, 1.165) is 18.5 Å². The molecule has 1 unspecified atom stereocenters. The maximum Gasteiger partial charge on any atom is 0.115 e. The van der Waals surface area contributed by atoms with Crippen LogP contribution in [0.1, 0.15) is 30.5 Å². The number of hydrogen-bond donors (Lipinski definition) is 1. The van der Waals surface area contributed by atoms with Crippen LogP contribution in [-0.2, 0) is 0 Å². The molecule has 1 atom stereocenters. The van der Waals surface area contributed by atoms with Gasteiger partial charge in [0, 0.05) is 18.0 Å². The van der Waals surface area contributed by atoms with E-state index in [1.165, 1.54) is 16.3 Å². The molecule has 0 spiro atoms. The average molecular weight is 277 g/mol. The van der Waals surface area contributed by atoms with Crippen LogP contribution in [0, 0.1) is 0 Å². The van der Waals surface area contributed by atoms with Crippen LogP contribution in [0.25, 0.3) is 10.8 Å². The molecule has 2 aromatic carbocycles. The lowest BCUT2D eigenvalue weighted by molar-refractivity contribution is 0.598. The van der Waals surface area contributed by atoms with Gasteiger partial charge in [0.1, 0.15) is 6.33 Å². The lowest BCUT2D eigenvalue weighted by atomic mass is 9.95. The monoisotopic (exact) mass is 277 g/mol. The van der Waals surface area contributed by atoms with E-state index in [0.29, 0.717) is 0 Å². The molecule has 1 aromatic heterocycles. The van der Waals surface area contributed by atoms with Gasteiger partial charge in [0.05, 0.1) is 6.04 Å². The summed E-state index contributed by atoms with van der Waals surface area (Å²) in [6.45, 7) is 3.14. The van der Waals surface area contributed by atoms with Crippen LogP contribution in [0.4, 0.5) is 0 Å². The Labute approximate surface area is 125 Å². The number of fused-ring (bicyclic) bond motifs is 1. The van der Waals surface area contributed by atoms with Crippen molar-refractivity contribution in [2.45, 2.75) is 19.4 Å². The number of nitrogens with zero attached hydrogens (tertiary/aromatic N) is 2. The molecule has 21 heavy (non-hydrogen) atoms. The van der Waals surface area contributed by atoms with Gasteiger partial charge in [-0.05, 0) is 29.3 Å². The fraction of sp³-hybridized carbons (Fsp3) is 0.222. The van der Waals surface area contributed by atoms with Gasteiger partial charge in [-0.25, -0.2) is 9.97 Å². The first-order valence-electron chi connectivity index (χ1n) is 7.36. The summed E-state index contributed by atoms with van der Waals surface area (Å²) < 4.78 is 0. The summed E-state index contributed by atoms with van der Waals surface area (Å²) in [4.78, 5) is 8.34. The third kappa shape index (κ3) is 2.93. The van der Waals surface area contributed by atoms with Crippen LogP contribution < -0.4 is 5.32 Å². The number of rotatable bonds is 5. The van der Waals surface area contributed by atoms with E-state index in [4.69, 9.17) is 0 Å². The van der Waals surface area contributed by atoms with Crippen molar-refractivity contribution in [1.29, 1.82) is 0 Å². The van der Waals surface area contributed by atoms with Crippen molar-refractivity contribution in [2.24, 2.45) is 0 Å². The second-order valence-corrected chi connectivity index (χ2v) is 5.13. The first kappa shape index (κ1) is 13.7. The highest BCUT2D eigenvalue weighted by atomic mass is 14.9. The summed E-state index contributed by atoms with van der Waals surface area (Å²) in [6.07, 6.45) is 6.45. The molecule has 0 aliphatic heterocycles. The molecule has 0 aliphatic carbocycles.